The zero-order chi connectivity index (χ0) is 20.8. The highest BCUT2D eigenvalue weighted by Gasteiger charge is 2.24. The van der Waals surface area contributed by atoms with Crippen molar-refractivity contribution in [3.63, 3.8) is 0 Å². The number of hydrogen-bond acceptors (Lipinski definition) is 6. The monoisotopic (exact) mass is 453 g/mol. The summed E-state index contributed by atoms with van der Waals surface area (Å²) in [6, 6.07) is 8.91. The van der Waals surface area contributed by atoms with E-state index in [-0.39, 0.29) is 5.16 Å². The fraction of sp³-hybridized carbons (Fsp3) is 0.263. The maximum absolute atomic E-state index is 12.3. The highest BCUT2D eigenvalue weighted by Crippen LogP contribution is 2.32. The molecule has 0 amide bonds. The van der Waals surface area contributed by atoms with E-state index < -0.39 is 15.4 Å². The fourth-order valence-electron chi connectivity index (χ4n) is 3.29. The minimum Gasteiger partial charge on any atom is -0.460 e. The molecule has 1 aliphatic heterocycles. The van der Waals surface area contributed by atoms with Crippen LogP contribution >= 0.6 is 23.2 Å². The van der Waals surface area contributed by atoms with E-state index in [1.807, 2.05) is 17.0 Å². The molecule has 152 valence electrons. The average Bonchev–Trinajstić information content (AvgIpc) is 3.09. The third-order valence-corrected chi connectivity index (χ3v) is 6.16. The molecule has 10 heteroatoms. The van der Waals surface area contributed by atoms with Gasteiger partial charge in [-0.2, -0.15) is 0 Å². The minimum absolute atomic E-state index is 0.287. The first-order valence-corrected chi connectivity index (χ1v) is 11.4. The molecule has 0 saturated carbocycles. The van der Waals surface area contributed by atoms with Gasteiger partial charge in [-0.3, -0.25) is 14.7 Å². The Morgan fingerprint density at radius 1 is 1.24 bits per heavy atom. The summed E-state index contributed by atoms with van der Waals surface area (Å²) in [4.78, 5) is 20.9. The second-order valence-corrected chi connectivity index (χ2v) is 9.69. The summed E-state index contributed by atoms with van der Waals surface area (Å²) >= 11 is 12.2. The second kappa shape index (κ2) is 7.60. The van der Waals surface area contributed by atoms with Crippen LogP contribution in [0.2, 0.25) is 10.0 Å². The molecule has 0 spiro atoms. The molecule has 0 unspecified atom stereocenters. The van der Waals surface area contributed by atoms with E-state index in [1.54, 1.807) is 18.2 Å². The number of fused-ring (bicyclic) bond motifs is 1. The van der Waals surface area contributed by atoms with Crippen LogP contribution in [-0.4, -0.2) is 36.1 Å². The number of rotatable bonds is 4. The van der Waals surface area contributed by atoms with Crippen LogP contribution in [0.4, 0.5) is 0 Å². The summed E-state index contributed by atoms with van der Waals surface area (Å²) in [6.07, 6.45) is 1.51. The summed E-state index contributed by atoms with van der Waals surface area (Å²) in [7, 11) is -3.57. The van der Waals surface area contributed by atoms with Gasteiger partial charge < -0.3 is 4.42 Å². The molecule has 3 aromatic rings. The van der Waals surface area contributed by atoms with Crippen LogP contribution in [-0.2, 0) is 29.3 Å². The topological polar surface area (TPSA) is 96.3 Å². The Morgan fingerprint density at radius 3 is 2.76 bits per heavy atom. The largest absolute Gasteiger partial charge is 0.460 e. The van der Waals surface area contributed by atoms with E-state index in [4.69, 9.17) is 27.6 Å². The number of sulfone groups is 1. The predicted molar refractivity (Wildman–Crippen MR) is 110 cm³/mol. The molecule has 1 aliphatic rings. The van der Waals surface area contributed by atoms with Crippen molar-refractivity contribution in [2.45, 2.75) is 24.7 Å². The molecule has 0 fully saturated rings. The van der Waals surface area contributed by atoms with E-state index in [0.29, 0.717) is 53.1 Å². The van der Waals surface area contributed by atoms with Crippen molar-refractivity contribution in [1.82, 2.24) is 14.9 Å². The Bertz CT molecular complexity index is 1250. The molecule has 0 bridgehead atoms. The van der Waals surface area contributed by atoms with Crippen LogP contribution in [0, 0.1) is 0 Å². The van der Waals surface area contributed by atoms with E-state index in [0.717, 1.165) is 17.6 Å². The smallest absolute Gasteiger partial charge is 0.256 e. The lowest BCUT2D eigenvalue weighted by atomic mass is 10.1. The zero-order valence-electron chi connectivity index (χ0n) is 15.4. The van der Waals surface area contributed by atoms with E-state index in [2.05, 4.69) is 9.97 Å². The molecule has 0 radical (unpaired) electrons. The Labute approximate surface area is 177 Å². The Kier molecular flexibility index (Phi) is 5.29. The molecule has 29 heavy (non-hydrogen) atoms. The highest BCUT2D eigenvalue weighted by molar-refractivity contribution is 7.90. The Balaban J connectivity index is 1.53. The van der Waals surface area contributed by atoms with Gasteiger partial charge in [-0.25, -0.2) is 13.4 Å². The number of nitrogens with zero attached hydrogens (tertiary/aromatic N) is 2. The van der Waals surface area contributed by atoms with Crippen molar-refractivity contribution in [1.29, 1.82) is 0 Å². The van der Waals surface area contributed by atoms with Crippen LogP contribution in [0.5, 0.6) is 0 Å². The maximum atomic E-state index is 12.3. The number of nitrogens with one attached hydrogen (secondary N) is 1. The second-order valence-electron chi connectivity index (χ2n) is 6.92. The SMILES string of the molecule is CS(=O)(=O)c1nc2c(c(=O)[nH]1)CN(Cc1ccc(-c3ccc(Cl)cc3Cl)o1)CC2. The summed E-state index contributed by atoms with van der Waals surface area (Å²) in [5, 5.41) is 0.769. The van der Waals surface area contributed by atoms with Gasteiger partial charge in [0.2, 0.25) is 15.0 Å². The van der Waals surface area contributed by atoms with Crippen LogP contribution < -0.4 is 5.56 Å². The van der Waals surface area contributed by atoms with Crippen LogP contribution in [0.3, 0.4) is 0 Å². The van der Waals surface area contributed by atoms with E-state index in [1.165, 1.54) is 0 Å². The molecular weight excluding hydrogens is 437 g/mol. The normalized spacial score (nSPS) is 14.7. The van der Waals surface area contributed by atoms with E-state index in [9.17, 15) is 13.2 Å². The number of benzene rings is 1. The summed E-state index contributed by atoms with van der Waals surface area (Å²) in [6.45, 7) is 1.49. The Hall–Kier alpha value is -2.13. The molecule has 3 heterocycles. The maximum Gasteiger partial charge on any atom is 0.256 e. The lowest BCUT2D eigenvalue weighted by molar-refractivity contribution is 0.222. The van der Waals surface area contributed by atoms with Crippen LogP contribution in [0.25, 0.3) is 11.3 Å². The lowest BCUT2D eigenvalue weighted by Crippen LogP contribution is -2.36. The third kappa shape index (κ3) is 4.25. The first-order chi connectivity index (χ1) is 13.7. The van der Waals surface area contributed by atoms with Gasteiger partial charge in [0.05, 0.1) is 22.8 Å². The van der Waals surface area contributed by atoms with Gasteiger partial charge in [-0.1, -0.05) is 23.2 Å². The third-order valence-electron chi connectivity index (χ3n) is 4.71. The predicted octanol–water partition coefficient (Wildman–Crippen LogP) is 3.30. The summed E-state index contributed by atoms with van der Waals surface area (Å²) < 4.78 is 29.3. The van der Waals surface area contributed by atoms with Crippen molar-refractivity contribution in [2.24, 2.45) is 0 Å². The molecule has 2 aromatic heterocycles. The molecule has 0 aliphatic carbocycles. The number of furan rings is 1. The van der Waals surface area contributed by atoms with Gasteiger partial charge in [0, 0.05) is 36.4 Å². The molecule has 4 rings (SSSR count). The van der Waals surface area contributed by atoms with E-state index >= 15 is 0 Å². The lowest BCUT2D eigenvalue weighted by Gasteiger charge is -2.26. The first kappa shape index (κ1) is 20.2. The quantitative estimate of drug-likeness (QED) is 0.608. The van der Waals surface area contributed by atoms with Gasteiger partial charge in [-0.15, -0.1) is 0 Å². The number of H-pyrrole nitrogens is 1. The van der Waals surface area contributed by atoms with Gasteiger partial charge >= 0.3 is 0 Å². The molecular formula is C19H17Cl2N3O4S. The van der Waals surface area contributed by atoms with Crippen molar-refractivity contribution in [3.05, 3.63) is 67.7 Å². The standard InChI is InChI=1S/C19H17Cl2N3O4S/c1-29(26,27)19-22-16-6-7-24(10-14(16)18(25)23-19)9-12-3-5-17(28-12)13-4-2-11(20)8-15(13)21/h2-5,8H,6-7,9-10H2,1H3,(H,22,23,25). The number of aromatic amines is 1. The number of aromatic nitrogens is 2. The summed E-state index contributed by atoms with van der Waals surface area (Å²) in [5.41, 5.74) is 1.34. The van der Waals surface area contributed by atoms with Crippen molar-refractivity contribution in [3.8, 4) is 11.3 Å². The van der Waals surface area contributed by atoms with Crippen molar-refractivity contribution in [2.75, 3.05) is 12.8 Å². The van der Waals surface area contributed by atoms with Crippen LogP contribution in [0.1, 0.15) is 17.0 Å². The summed E-state index contributed by atoms with van der Waals surface area (Å²) in [5.74, 6) is 1.36. The highest BCUT2D eigenvalue weighted by atomic mass is 35.5. The molecule has 1 N–H and O–H groups in total. The van der Waals surface area contributed by atoms with Crippen LogP contribution in [0.15, 0.2) is 44.7 Å². The van der Waals surface area contributed by atoms with Crippen molar-refractivity contribution >= 4 is 33.0 Å². The van der Waals surface area contributed by atoms with Gasteiger partial charge in [0.15, 0.2) is 0 Å². The fourth-order valence-corrected chi connectivity index (χ4v) is 4.34. The molecule has 7 nitrogen and oxygen atoms in total. The number of halogens is 2. The Morgan fingerprint density at radius 2 is 2.03 bits per heavy atom. The zero-order valence-corrected chi connectivity index (χ0v) is 17.7. The van der Waals surface area contributed by atoms with Gasteiger partial charge in [0.25, 0.3) is 5.56 Å². The molecule has 0 saturated heterocycles. The average molecular weight is 454 g/mol. The molecule has 0 atom stereocenters. The van der Waals surface area contributed by atoms with Gasteiger partial charge in [0.1, 0.15) is 11.5 Å². The molecule has 1 aromatic carbocycles. The minimum atomic E-state index is -3.57. The number of hydrogen-bond donors (Lipinski definition) is 1. The van der Waals surface area contributed by atoms with Gasteiger partial charge in [-0.05, 0) is 30.3 Å². The first-order valence-electron chi connectivity index (χ1n) is 8.79. The van der Waals surface area contributed by atoms with Crippen molar-refractivity contribution < 1.29 is 12.8 Å².